The molecule has 1 aromatic carbocycles. The number of aliphatic hydroxyl groups excluding tert-OH is 1. The summed E-state index contributed by atoms with van der Waals surface area (Å²) >= 11 is 0. The van der Waals surface area contributed by atoms with Crippen LogP contribution in [0, 0.1) is 0 Å². The van der Waals surface area contributed by atoms with E-state index in [0.29, 0.717) is 11.0 Å². The highest BCUT2D eigenvalue weighted by Gasteiger charge is 2.39. The quantitative estimate of drug-likeness (QED) is 0.453. The molecular weight excluding hydrogens is 352 g/mol. The monoisotopic (exact) mass is 376 g/mol. The van der Waals surface area contributed by atoms with Crippen LogP contribution in [0.4, 0.5) is 0 Å². The lowest BCUT2D eigenvalue weighted by atomic mass is 9.91. The molecule has 0 unspecified atom stereocenters. The van der Waals surface area contributed by atoms with Crippen LogP contribution in [0.25, 0.3) is 11.0 Å². The first kappa shape index (κ1) is 20.7. The van der Waals surface area contributed by atoms with E-state index >= 15 is 0 Å². The first-order chi connectivity index (χ1) is 12.6. The molecule has 27 heavy (non-hydrogen) atoms. The van der Waals surface area contributed by atoms with Crippen LogP contribution in [0.5, 0.6) is 5.75 Å². The van der Waals surface area contributed by atoms with Crippen LogP contribution < -0.4 is 10.4 Å². The molecule has 0 fully saturated rings. The van der Waals surface area contributed by atoms with Crippen molar-refractivity contribution in [3.63, 3.8) is 0 Å². The van der Waals surface area contributed by atoms with Gasteiger partial charge in [0.2, 0.25) is 0 Å². The fourth-order valence-electron chi connectivity index (χ4n) is 2.61. The van der Waals surface area contributed by atoms with E-state index < -0.39 is 29.4 Å². The first-order valence-corrected chi connectivity index (χ1v) is 8.44. The van der Waals surface area contributed by atoms with E-state index in [9.17, 15) is 19.8 Å². The molecule has 0 radical (unpaired) electrons. The summed E-state index contributed by atoms with van der Waals surface area (Å²) in [5.41, 5.74) is -1.12. The molecule has 2 aromatic rings. The van der Waals surface area contributed by atoms with Crippen molar-refractivity contribution in [3.05, 3.63) is 51.9 Å². The van der Waals surface area contributed by atoms with Gasteiger partial charge in [0, 0.05) is 28.7 Å². The molecule has 2 N–H and O–H groups in total. The molecule has 7 nitrogen and oxygen atoms in total. The molecule has 1 heterocycles. The van der Waals surface area contributed by atoms with Gasteiger partial charge in [0.1, 0.15) is 17.4 Å². The molecule has 2 atom stereocenters. The Morgan fingerprint density at radius 1 is 1.30 bits per heavy atom. The number of aliphatic hydroxyl groups is 2. The Kier molecular flexibility index (Phi) is 6.08. The zero-order chi connectivity index (χ0) is 20.4. The summed E-state index contributed by atoms with van der Waals surface area (Å²) in [6.07, 6.45) is -1.07. The van der Waals surface area contributed by atoms with Gasteiger partial charge in [-0.2, -0.15) is 0 Å². The molecule has 0 amide bonds. The Bertz CT molecular complexity index is 918. The predicted molar refractivity (Wildman–Crippen MR) is 99.6 cm³/mol. The number of benzene rings is 1. The Balaban J connectivity index is 2.53. The van der Waals surface area contributed by atoms with Crippen molar-refractivity contribution < 1.29 is 28.9 Å². The van der Waals surface area contributed by atoms with Gasteiger partial charge in [-0.1, -0.05) is 6.08 Å². The average Bonchev–Trinajstić information content (AvgIpc) is 2.62. The fourth-order valence-corrected chi connectivity index (χ4v) is 2.61. The smallest absolute Gasteiger partial charge is 0.336 e. The third kappa shape index (κ3) is 4.56. The Morgan fingerprint density at radius 3 is 2.52 bits per heavy atom. The predicted octanol–water partition coefficient (Wildman–Crippen LogP) is 2.48. The van der Waals surface area contributed by atoms with E-state index in [1.54, 1.807) is 32.1 Å². The van der Waals surface area contributed by atoms with Crippen LogP contribution in [0.1, 0.15) is 39.4 Å². The highest BCUT2D eigenvalue weighted by molar-refractivity contribution is 5.88. The molecule has 146 valence electrons. The number of carbonyl (C=O) groups is 1. The molecule has 7 heteroatoms. The minimum absolute atomic E-state index is 0.234. The van der Waals surface area contributed by atoms with Crippen molar-refractivity contribution in [2.75, 3.05) is 7.11 Å². The molecule has 0 saturated carbocycles. The van der Waals surface area contributed by atoms with E-state index in [4.69, 9.17) is 13.9 Å². The number of fused-ring (bicyclic) bond motifs is 1. The lowest BCUT2D eigenvalue weighted by Crippen LogP contribution is -2.44. The third-order valence-corrected chi connectivity index (χ3v) is 4.26. The second kappa shape index (κ2) is 7.94. The molecule has 2 rings (SSSR count). The van der Waals surface area contributed by atoms with Crippen LogP contribution in [0.15, 0.2) is 45.1 Å². The number of hydrogen-bond acceptors (Lipinski definition) is 7. The molecule has 0 spiro atoms. The summed E-state index contributed by atoms with van der Waals surface area (Å²) in [4.78, 5) is 23.6. The molecule has 0 aliphatic rings. The zero-order valence-electron chi connectivity index (χ0n) is 16.0. The molecule has 1 aromatic heterocycles. The minimum atomic E-state index is -1.54. The zero-order valence-corrected chi connectivity index (χ0v) is 16.0. The molecule has 0 aliphatic carbocycles. The van der Waals surface area contributed by atoms with Gasteiger partial charge in [-0.15, -0.1) is 0 Å². The highest BCUT2D eigenvalue weighted by atomic mass is 16.6. The maximum atomic E-state index is 12.2. The van der Waals surface area contributed by atoms with Crippen LogP contribution in [-0.2, 0) is 9.53 Å². The van der Waals surface area contributed by atoms with Crippen molar-refractivity contribution >= 4 is 16.9 Å². The van der Waals surface area contributed by atoms with Crippen LogP contribution in [0.3, 0.4) is 0 Å². The normalized spacial score (nSPS) is 14.7. The van der Waals surface area contributed by atoms with Gasteiger partial charge < -0.3 is 24.1 Å². The van der Waals surface area contributed by atoms with Crippen molar-refractivity contribution in [2.24, 2.45) is 0 Å². The summed E-state index contributed by atoms with van der Waals surface area (Å²) in [6, 6.07) is 5.84. The number of hydrogen-bond donors (Lipinski definition) is 2. The maximum Gasteiger partial charge on any atom is 0.336 e. The number of rotatable bonds is 6. The fraction of sp³-hybridized carbons (Fsp3) is 0.400. The SMILES string of the molecule is C/C=C(\C)C(=O)O[C@@H]([C@H](O)c1cc2ccc(=O)oc2cc1OC)C(C)(C)O. The summed E-state index contributed by atoms with van der Waals surface area (Å²) in [6.45, 7) is 6.14. The maximum absolute atomic E-state index is 12.2. The molecule has 0 bridgehead atoms. The lowest BCUT2D eigenvalue weighted by molar-refractivity contribution is -0.172. The minimum Gasteiger partial charge on any atom is -0.496 e. The van der Waals surface area contributed by atoms with Crippen molar-refractivity contribution in [1.82, 2.24) is 0 Å². The Labute approximate surface area is 156 Å². The summed E-state index contributed by atoms with van der Waals surface area (Å²) in [5, 5.41) is 21.9. The van der Waals surface area contributed by atoms with Gasteiger partial charge in [-0.25, -0.2) is 9.59 Å². The van der Waals surface area contributed by atoms with Crippen LogP contribution >= 0.6 is 0 Å². The molecule has 0 saturated heterocycles. The summed E-state index contributed by atoms with van der Waals surface area (Å²) in [7, 11) is 1.40. The van der Waals surface area contributed by atoms with Crippen LogP contribution in [-0.4, -0.2) is 35.0 Å². The van der Waals surface area contributed by atoms with Gasteiger partial charge in [0.05, 0.1) is 12.7 Å². The van der Waals surface area contributed by atoms with Gasteiger partial charge in [0.15, 0.2) is 6.10 Å². The number of methoxy groups -OCH3 is 1. The lowest BCUT2D eigenvalue weighted by Gasteiger charge is -2.33. The Morgan fingerprint density at radius 2 is 1.96 bits per heavy atom. The van der Waals surface area contributed by atoms with Gasteiger partial charge in [0.25, 0.3) is 0 Å². The number of allylic oxidation sites excluding steroid dienone is 1. The van der Waals surface area contributed by atoms with Crippen molar-refractivity contribution in [2.45, 2.75) is 45.5 Å². The van der Waals surface area contributed by atoms with Crippen LogP contribution in [0.2, 0.25) is 0 Å². The average molecular weight is 376 g/mol. The van der Waals surface area contributed by atoms with E-state index in [1.807, 2.05) is 0 Å². The topological polar surface area (TPSA) is 106 Å². The van der Waals surface area contributed by atoms with E-state index in [1.165, 1.54) is 33.1 Å². The number of carbonyl (C=O) groups excluding carboxylic acids is 1. The van der Waals surface area contributed by atoms with Crippen molar-refractivity contribution in [1.29, 1.82) is 0 Å². The second-order valence-electron chi connectivity index (χ2n) is 6.78. The number of esters is 1. The largest absolute Gasteiger partial charge is 0.496 e. The summed E-state index contributed by atoms with van der Waals surface area (Å²) in [5.74, 6) is -0.410. The van der Waals surface area contributed by atoms with Gasteiger partial charge >= 0.3 is 11.6 Å². The van der Waals surface area contributed by atoms with E-state index in [-0.39, 0.29) is 16.9 Å². The number of ether oxygens (including phenoxy) is 2. The molecule has 0 aliphatic heterocycles. The van der Waals surface area contributed by atoms with E-state index in [0.717, 1.165) is 0 Å². The van der Waals surface area contributed by atoms with E-state index in [2.05, 4.69) is 0 Å². The highest BCUT2D eigenvalue weighted by Crippen LogP contribution is 2.35. The van der Waals surface area contributed by atoms with Gasteiger partial charge in [-0.3, -0.25) is 0 Å². The molecular formula is C20H24O7. The van der Waals surface area contributed by atoms with Crippen molar-refractivity contribution in [3.8, 4) is 5.75 Å². The van der Waals surface area contributed by atoms with Gasteiger partial charge in [-0.05, 0) is 39.8 Å². The second-order valence-corrected chi connectivity index (χ2v) is 6.78. The third-order valence-electron chi connectivity index (χ3n) is 4.26. The standard InChI is InChI=1S/C20H24O7/c1-6-11(2)19(23)27-18(20(3,4)24)17(22)13-9-12-7-8-16(21)26-14(12)10-15(13)25-5/h6-10,17-18,22,24H,1-5H3/b11-6+/t17-,18+/m1/s1. The Hall–Kier alpha value is -2.64. The first-order valence-electron chi connectivity index (χ1n) is 8.44. The summed E-state index contributed by atoms with van der Waals surface area (Å²) < 4.78 is 15.8.